The summed E-state index contributed by atoms with van der Waals surface area (Å²) in [6.07, 6.45) is 0.194. The molecule has 0 aliphatic carbocycles. The molecule has 5 nitrogen and oxygen atoms in total. The van der Waals surface area contributed by atoms with Crippen LogP contribution in [0.15, 0.2) is 48.5 Å². The number of hydrogen-bond donors (Lipinski definition) is 0. The van der Waals surface area contributed by atoms with Gasteiger partial charge >= 0.3 is 0 Å². The summed E-state index contributed by atoms with van der Waals surface area (Å²) in [7, 11) is -7.11. The van der Waals surface area contributed by atoms with Crippen LogP contribution in [-0.2, 0) is 25.6 Å². The molecule has 1 heterocycles. The van der Waals surface area contributed by atoms with E-state index in [0.717, 1.165) is 5.56 Å². The minimum atomic E-state index is -3.61. The molecule has 146 valence electrons. The second kappa shape index (κ2) is 7.91. The minimum Gasteiger partial charge on any atom is -0.228 e. The Balaban J connectivity index is 1.83. The number of sulfone groups is 1. The van der Waals surface area contributed by atoms with Crippen LogP contribution >= 0.6 is 11.6 Å². The molecular formula is C19H22ClNO4S2. The van der Waals surface area contributed by atoms with Crippen molar-refractivity contribution in [3.05, 3.63) is 70.2 Å². The predicted octanol–water partition coefficient (Wildman–Crippen LogP) is 3.34. The van der Waals surface area contributed by atoms with Crippen LogP contribution in [0.2, 0.25) is 5.02 Å². The van der Waals surface area contributed by atoms with Gasteiger partial charge < -0.3 is 0 Å². The van der Waals surface area contributed by atoms with Crippen molar-refractivity contribution in [3.8, 4) is 0 Å². The number of benzene rings is 2. The molecule has 1 aliphatic heterocycles. The van der Waals surface area contributed by atoms with Crippen molar-refractivity contribution in [1.29, 1.82) is 0 Å². The summed E-state index contributed by atoms with van der Waals surface area (Å²) >= 11 is 6.19. The fourth-order valence-electron chi connectivity index (χ4n) is 3.39. The lowest BCUT2D eigenvalue weighted by molar-refractivity contribution is 0.427. The Morgan fingerprint density at radius 2 is 1.85 bits per heavy atom. The number of halogens is 1. The Bertz CT molecular complexity index is 1040. The quantitative estimate of drug-likeness (QED) is 0.750. The van der Waals surface area contributed by atoms with E-state index < -0.39 is 25.1 Å². The molecule has 0 bridgehead atoms. The Kier molecular flexibility index (Phi) is 5.96. The lowest BCUT2D eigenvalue weighted by atomic mass is 10.1. The number of rotatable bonds is 4. The highest BCUT2D eigenvalue weighted by atomic mass is 35.5. The van der Waals surface area contributed by atoms with E-state index in [1.54, 1.807) is 30.3 Å². The zero-order valence-electron chi connectivity index (χ0n) is 15.0. The first kappa shape index (κ1) is 20.3. The van der Waals surface area contributed by atoms with Gasteiger partial charge in [0.1, 0.15) is 0 Å². The maximum atomic E-state index is 12.8. The molecule has 0 aromatic heterocycles. The van der Waals surface area contributed by atoms with E-state index in [9.17, 15) is 16.8 Å². The Hall–Kier alpha value is -1.41. The maximum Gasteiger partial charge on any atom is 0.218 e. The third-order valence-electron chi connectivity index (χ3n) is 4.78. The zero-order valence-corrected chi connectivity index (χ0v) is 17.4. The van der Waals surface area contributed by atoms with Gasteiger partial charge in [0.05, 0.1) is 16.8 Å². The number of hydrogen-bond acceptors (Lipinski definition) is 4. The molecule has 1 aliphatic rings. The van der Waals surface area contributed by atoms with Crippen LogP contribution in [-0.4, -0.2) is 40.0 Å². The molecule has 2 aromatic rings. The molecular weight excluding hydrogens is 406 g/mol. The molecule has 0 N–H and O–H groups in total. The van der Waals surface area contributed by atoms with E-state index in [1.807, 2.05) is 25.1 Å². The Labute approximate surface area is 165 Å². The average Bonchev–Trinajstić information content (AvgIpc) is 2.74. The van der Waals surface area contributed by atoms with Gasteiger partial charge in [0.2, 0.25) is 10.0 Å². The van der Waals surface area contributed by atoms with Crippen molar-refractivity contribution >= 4 is 31.5 Å². The van der Waals surface area contributed by atoms with Gasteiger partial charge in [0, 0.05) is 18.1 Å². The molecule has 3 rings (SSSR count). The molecule has 0 spiro atoms. The first-order valence-electron chi connectivity index (χ1n) is 8.68. The van der Waals surface area contributed by atoms with Crippen LogP contribution in [0.4, 0.5) is 0 Å². The lowest BCUT2D eigenvalue weighted by Gasteiger charge is -2.20. The second-order valence-corrected chi connectivity index (χ2v) is 11.5. The molecule has 2 aromatic carbocycles. The molecule has 8 heteroatoms. The van der Waals surface area contributed by atoms with Crippen molar-refractivity contribution in [1.82, 2.24) is 4.31 Å². The maximum absolute atomic E-state index is 12.8. The SMILES string of the molecule is Cc1cccc(CS(=O)(=O)N2CCC(c3ccccc3Cl)S(=O)(=O)CC2)c1. The third-order valence-corrected chi connectivity index (χ3v) is 9.08. The lowest BCUT2D eigenvalue weighted by Crippen LogP contribution is -2.34. The highest BCUT2D eigenvalue weighted by molar-refractivity contribution is 7.92. The molecule has 1 atom stereocenters. The van der Waals surface area contributed by atoms with Gasteiger partial charge in [0.25, 0.3) is 0 Å². The second-order valence-electron chi connectivity index (χ2n) is 6.81. The van der Waals surface area contributed by atoms with E-state index in [1.165, 1.54) is 4.31 Å². The summed E-state index contributed by atoms with van der Waals surface area (Å²) in [5.74, 6) is -0.346. The van der Waals surface area contributed by atoms with E-state index in [0.29, 0.717) is 16.1 Å². The van der Waals surface area contributed by atoms with Crippen molar-refractivity contribution in [2.75, 3.05) is 18.8 Å². The minimum absolute atomic E-state index is 0.0303. The smallest absolute Gasteiger partial charge is 0.218 e. The normalized spacial score (nSPS) is 20.9. The van der Waals surface area contributed by atoms with Crippen molar-refractivity contribution in [2.24, 2.45) is 0 Å². The highest BCUT2D eigenvalue weighted by Crippen LogP contribution is 2.34. The summed E-state index contributed by atoms with van der Waals surface area (Å²) in [5, 5.41) is -0.396. The van der Waals surface area contributed by atoms with Crippen LogP contribution in [0.1, 0.15) is 28.4 Å². The van der Waals surface area contributed by atoms with Gasteiger partial charge in [-0.15, -0.1) is 0 Å². The largest absolute Gasteiger partial charge is 0.228 e. The Morgan fingerprint density at radius 1 is 1.11 bits per heavy atom. The fraction of sp³-hybridized carbons (Fsp3) is 0.368. The summed E-state index contributed by atoms with van der Waals surface area (Å²) in [4.78, 5) is 0. The summed E-state index contributed by atoms with van der Waals surface area (Å²) in [6.45, 7) is 2.03. The van der Waals surface area contributed by atoms with Gasteiger partial charge in [-0.2, -0.15) is 0 Å². The van der Waals surface area contributed by atoms with Gasteiger partial charge in [-0.3, -0.25) is 0 Å². The average molecular weight is 428 g/mol. The fourth-order valence-corrected chi connectivity index (χ4v) is 7.19. The van der Waals surface area contributed by atoms with Gasteiger partial charge in [-0.05, 0) is 30.5 Å². The molecule has 1 fully saturated rings. The Morgan fingerprint density at radius 3 is 2.56 bits per heavy atom. The predicted molar refractivity (Wildman–Crippen MR) is 108 cm³/mol. The molecule has 27 heavy (non-hydrogen) atoms. The van der Waals surface area contributed by atoms with E-state index in [2.05, 4.69) is 0 Å². The van der Waals surface area contributed by atoms with Crippen LogP contribution in [0.3, 0.4) is 0 Å². The van der Waals surface area contributed by atoms with Crippen LogP contribution < -0.4 is 0 Å². The van der Waals surface area contributed by atoms with Crippen LogP contribution in [0.5, 0.6) is 0 Å². The van der Waals surface area contributed by atoms with Gasteiger partial charge in [-0.1, -0.05) is 59.6 Å². The third kappa shape index (κ3) is 4.71. The monoisotopic (exact) mass is 427 g/mol. The summed E-state index contributed by atoms with van der Waals surface area (Å²) in [5.41, 5.74) is 2.22. The molecule has 1 unspecified atom stereocenters. The summed E-state index contributed by atoms with van der Waals surface area (Å²) < 4.78 is 52.5. The van der Waals surface area contributed by atoms with Crippen molar-refractivity contribution in [2.45, 2.75) is 24.3 Å². The van der Waals surface area contributed by atoms with E-state index >= 15 is 0 Å². The number of aryl methyl sites for hydroxylation is 1. The molecule has 0 amide bonds. The molecule has 1 saturated heterocycles. The van der Waals surface area contributed by atoms with Crippen LogP contribution in [0.25, 0.3) is 0 Å². The van der Waals surface area contributed by atoms with Crippen molar-refractivity contribution in [3.63, 3.8) is 0 Å². The first-order chi connectivity index (χ1) is 12.7. The first-order valence-corrected chi connectivity index (χ1v) is 12.4. The van der Waals surface area contributed by atoms with Crippen molar-refractivity contribution < 1.29 is 16.8 Å². The zero-order chi connectivity index (χ0) is 19.7. The van der Waals surface area contributed by atoms with E-state index in [4.69, 9.17) is 11.6 Å². The van der Waals surface area contributed by atoms with Gasteiger partial charge in [-0.25, -0.2) is 21.1 Å². The van der Waals surface area contributed by atoms with Gasteiger partial charge in [0.15, 0.2) is 9.84 Å². The number of sulfonamides is 1. The molecule has 0 saturated carbocycles. The van der Waals surface area contributed by atoms with E-state index in [-0.39, 0.29) is 31.0 Å². The number of nitrogens with zero attached hydrogens (tertiary/aromatic N) is 1. The van der Waals surface area contributed by atoms with Crippen LogP contribution in [0, 0.1) is 6.92 Å². The summed E-state index contributed by atoms with van der Waals surface area (Å²) in [6, 6.07) is 14.2. The highest BCUT2D eigenvalue weighted by Gasteiger charge is 2.35. The topological polar surface area (TPSA) is 71.5 Å². The molecule has 0 radical (unpaired) electrons. The standard InChI is InChI=1S/C19H22ClNO4S2/c1-15-5-4-6-16(13-15)14-27(24,25)21-10-9-19(26(22,23)12-11-21)17-7-2-3-8-18(17)20/h2-8,13,19H,9-12,14H2,1H3.